The molecule has 0 aliphatic heterocycles. The van der Waals surface area contributed by atoms with Crippen molar-refractivity contribution in [2.24, 2.45) is 5.41 Å². The third-order valence-electron chi connectivity index (χ3n) is 4.91. The number of hydrogen-bond donors (Lipinski definition) is 1. The maximum absolute atomic E-state index is 14.0. The van der Waals surface area contributed by atoms with E-state index in [-0.39, 0.29) is 11.3 Å². The second kappa shape index (κ2) is 7.95. The van der Waals surface area contributed by atoms with Crippen LogP contribution in [0.5, 0.6) is 0 Å². The Labute approximate surface area is 186 Å². The lowest BCUT2D eigenvalue weighted by atomic mass is 9.95. The van der Waals surface area contributed by atoms with Gasteiger partial charge in [-0.25, -0.2) is 14.5 Å². The molecule has 3 heterocycles. The van der Waals surface area contributed by atoms with Crippen LogP contribution in [0, 0.1) is 11.4 Å². The standard InChI is InChI=1S/C23H19F4N5O/c1-22(2,3)21(33)30-17-11-13(6-7-15(17)23(25,26)27)18-12-32-19(29-18)9-8-16(31-32)14-5-4-10-28-20(14)24/h4-12H,1-3H3,(H,30,33). The Morgan fingerprint density at radius 1 is 1.03 bits per heavy atom. The number of benzene rings is 1. The fraction of sp³-hybridized carbons (Fsp3) is 0.217. The maximum Gasteiger partial charge on any atom is 0.418 e. The molecule has 0 spiro atoms. The predicted molar refractivity (Wildman–Crippen MR) is 115 cm³/mol. The first-order chi connectivity index (χ1) is 15.4. The Kier molecular flexibility index (Phi) is 5.39. The topological polar surface area (TPSA) is 72.2 Å². The number of anilines is 1. The largest absolute Gasteiger partial charge is 0.418 e. The van der Waals surface area contributed by atoms with E-state index in [2.05, 4.69) is 20.4 Å². The van der Waals surface area contributed by atoms with Crippen molar-refractivity contribution in [2.75, 3.05) is 5.32 Å². The fourth-order valence-electron chi connectivity index (χ4n) is 3.11. The van der Waals surface area contributed by atoms with Crippen LogP contribution in [-0.2, 0) is 11.0 Å². The van der Waals surface area contributed by atoms with Crippen LogP contribution < -0.4 is 5.32 Å². The van der Waals surface area contributed by atoms with Crippen molar-refractivity contribution < 1.29 is 22.4 Å². The minimum atomic E-state index is -4.65. The second-order valence-electron chi connectivity index (χ2n) is 8.45. The Bertz CT molecular complexity index is 1360. The van der Waals surface area contributed by atoms with E-state index in [9.17, 15) is 22.4 Å². The van der Waals surface area contributed by atoms with Gasteiger partial charge in [0.1, 0.15) is 0 Å². The van der Waals surface area contributed by atoms with Gasteiger partial charge in [-0.1, -0.05) is 26.8 Å². The summed E-state index contributed by atoms with van der Waals surface area (Å²) in [5.41, 5.74) is -0.567. The highest BCUT2D eigenvalue weighted by Crippen LogP contribution is 2.37. The van der Waals surface area contributed by atoms with Crippen LogP contribution >= 0.6 is 0 Å². The molecule has 1 aromatic carbocycles. The number of rotatable bonds is 3. The zero-order valence-corrected chi connectivity index (χ0v) is 17.9. The minimum Gasteiger partial charge on any atom is -0.325 e. The molecule has 1 N–H and O–H groups in total. The number of imidazole rings is 1. The summed E-state index contributed by atoms with van der Waals surface area (Å²) in [7, 11) is 0. The van der Waals surface area contributed by atoms with Gasteiger partial charge in [-0.15, -0.1) is 0 Å². The molecule has 0 fully saturated rings. The van der Waals surface area contributed by atoms with Gasteiger partial charge in [-0.3, -0.25) is 4.79 Å². The summed E-state index contributed by atoms with van der Waals surface area (Å²) < 4.78 is 56.0. The van der Waals surface area contributed by atoms with Crippen molar-refractivity contribution in [2.45, 2.75) is 26.9 Å². The lowest BCUT2D eigenvalue weighted by Gasteiger charge is -2.20. The number of amides is 1. The molecule has 0 bridgehead atoms. The number of carbonyl (C=O) groups excluding carboxylic acids is 1. The summed E-state index contributed by atoms with van der Waals surface area (Å²) in [5, 5.41) is 6.72. The van der Waals surface area contributed by atoms with Crippen LogP contribution in [0.25, 0.3) is 28.2 Å². The van der Waals surface area contributed by atoms with Gasteiger partial charge < -0.3 is 5.32 Å². The van der Waals surface area contributed by atoms with E-state index >= 15 is 0 Å². The van der Waals surface area contributed by atoms with Gasteiger partial charge in [-0.05, 0) is 36.4 Å². The first-order valence-electron chi connectivity index (χ1n) is 9.94. The molecule has 6 nitrogen and oxygen atoms in total. The molecule has 0 saturated carbocycles. The molecule has 0 atom stereocenters. The first kappa shape index (κ1) is 22.4. The number of nitrogens with zero attached hydrogens (tertiary/aromatic N) is 4. The van der Waals surface area contributed by atoms with E-state index in [1.54, 1.807) is 39.0 Å². The second-order valence-corrected chi connectivity index (χ2v) is 8.45. The quantitative estimate of drug-likeness (QED) is 0.321. The highest BCUT2D eigenvalue weighted by Gasteiger charge is 2.35. The van der Waals surface area contributed by atoms with Crippen molar-refractivity contribution in [1.82, 2.24) is 19.6 Å². The lowest BCUT2D eigenvalue weighted by Crippen LogP contribution is -2.28. The molecule has 1 amide bonds. The van der Waals surface area contributed by atoms with Crippen molar-refractivity contribution in [3.8, 4) is 22.5 Å². The summed E-state index contributed by atoms with van der Waals surface area (Å²) in [4.78, 5) is 20.4. The van der Waals surface area contributed by atoms with Crippen LogP contribution in [0.3, 0.4) is 0 Å². The molecule has 3 aromatic heterocycles. The number of halogens is 4. The minimum absolute atomic E-state index is 0.205. The van der Waals surface area contributed by atoms with Crippen molar-refractivity contribution in [1.29, 1.82) is 0 Å². The van der Waals surface area contributed by atoms with E-state index in [4.69, 9.17) is 0 Å². The molecule has 33 heavy (non-hydrogen) atoms. The zero-order valence-electron chi connectivity index (χ0n) is 17.9. The number of hydrogen-bond acceptors (Lipinski definition) is 4. The maximum atomic E-state index is 14.0. The summed E-state index contributed by atoms with van der Waals surface area (Å²) in [5.74, 6) is -1.23. The van der Waals surface area contributed by atoms with Crippen molar-refractivity contribution in [3.05, 3.63) is 66.4 Å². The first-order valence-corrected chi connectivity index (χ1v) is 9.94. The average molecular weight is 457 g/mol. The van der Waals surface area contributed by atoms with Gasteiger partial charge in [0.2, 0.25) is 11.9 Å². The zero-order chi connectivity index (χ0) is 24.0. The lowest BCUT2D eigenvalue weighted by molar-refractivity contribution is -0.137. The number of carbonyl (C=O) groups is 1. The molecule has 0 aliphatic carbocycles. The van der Waals surface area contributed by atoms with Gasteiger partial charge >= 0.3 is 6.18 Å². The van der Waals surface area contributed by atoms with Gasteiger partial charge in [0.25, 0.3) is 0 Å². The van der Waals surface area contributed by atoms with E-state index < -0.39 is 29.0 Å². The average Bonchev–Trinajstić information content (AvgIpc) is 3.16. The van der Waals surface area contributed by atoms with Crippen LogP contribution in [0.15, 0.2) is 54.9 Å². The van der Waals surface area contributed by atoms with E-state index in [1.807, 2.05) is 0 Å². The van der Waals surface area contributed by atoms with Gasteiger partial charge in [-0.2, -0.15) is 22.7 Å². The molecule has 10 heteroatoms. The van der Waals surface area contributed by atoms with Gasteiger partial charge in [0.15, 0.2) is 5.65 Å². The molecule has 170 valence electrons. The SMILES string of the molecule is CC(C)(C)C(=O)Nc1cc(-c2cn3nc(-c4cccnc4F)ccc3n2)ccc1C(F)(F)F. The molecule has 0 saturated heterocycles. The van der Waals surface area contributed by atoms with Gasteiger partial charge in [0, 0.05) is 17.2 Å². The number of pyridine rings is 1. The fourth-order valence-corrected chi connectivity index (χ4v) is 3.11. The van der Waals surface area contributed by atoms with Crippen molar-refractivity contribution in [3.63, 3.8) is 0 Å². The number of aromatic nitrogens is 4. The van der Waals surface area contributed by atoms with Crippen molar-refractivity contribution >= 4 is 17.2 Å². The third-order valence-corrected chi connectivity index (χ3v) is 4.91. The molecule has 0 radical (unpaired) electrons. The van der Waals surface area contributed by atoms with Gasteiger partial charge in [0.05, 0.1) is 34.4 Å². The predicted octanol–water partition coefficient (Wildman–Crippen LogP) is 5.60. The Balaban J connectivity index is 1.76. The number of alkyl halides is 3. The summed E-state index contributed by atoms with van der Waals surface area (Å²) in [6.45, 7) is 4.82. The van der Waals surface area contributed by atoms with Crippen LogP contribution in [0.4, 0.5) is 23.2 Å². The van der Waals surface area contributed by atoms with Crippen LogP contribution in [-0.4, -0.2) is 25.5 Å². The highest BCUT2D eigenvalue weighted by atomic mass is 19.4. The Morgan fingerprint density at radius 2 is 1.79 bits per heavy atom. The Morgan fingerprint density at radius 3 is 2.45 bits per heavy atom. The normalized spacial score (nSPS) is 12.2. The summed E-state index contributed by atoms with van der Waals surface area (Å²) in [6, 6.07) is 9.72. The van der Waals surface area contributed by atoms with Crippen LogP contribution in [0.2, 0.25) is 0 Å². The monoisotopic (exact) mass is 457 g/mol. The molecule has 0 unspecified atom stereocenters. The molecular weight excluding hydrogens is 438 g/mol. The Hall–Kier alpha value is -3.82. The molecule has 4 rings (SSSR count). The summed E-state index contributed by atoms with van der Waals surface area (Å²) in [6.07, 6.45) is -1.80. The number of fused-ring (bicyclic) bond motifs is 1. The summed E-state index contributed by atoms with van der Waals surface area (Å²) >= 11 is 0. The van der Waals surface area contributed by atoms with E-state index in [1.165, 1.54) is 35.1 Å². The van der Waals surface area contributed by atoms with Crippen LogP contribution in [0.1, 0.15) is 26.3 Å². The molecular formula is C23H19F4N5O. The number of nitrogens with one attached hydrogen (secondary N) is 1. The van der Waals surface area contributed by atoms with E-state index in [0.29, 0.717) is 22.6 Å². The van der Waals surface area contributed by atoms with E-state index in [0.717, 1.165) is 6.07 Å². The molecule has 4 aromatic rings. The highest BCUT2D eigenvalue weighted by molar-refractivity contribution is 5.96. The third kappa shape index (κ3) is 4.55. The smallest absolute Gasteiger partial charge is 0.325 e. The molecule has 0 aliphatic rings.